The smallest absolute Gasteiger partial charge is 0.227 e. The maximum atomic E-state index is 12.6. The van der Waals surface area contributed by atoms with Gasteiger partial charge in [0.05, 0.1) is 34.2 Å². The monoisotopic (exact) mass is 446 g/mol. The van der Waals surface area contributed by atoms with Gasteiger partial charge in [-0.1, -0.05) is 11.6 Å². The Labute approximate surface area is 182 Å². The van der Waals surface area contributed by atoms with Crippen LogP contribution >= 0.6 is 11.6 Å². The summed E-state index contributed by atoms with van der Waals surface area (Å²) in [6.45, 7) is 1.91. The van der Waals surface area contributed by atoms with Crippen LogP contribution < -0.4 is 9.80 Å². The second kappa shape index (κ2) is 6.58. The third kappa shape index (κ3) is 2.71. The molecule has 0 radical (unpaired) electrons. The minimum absolute atomic E-state index is 0.0734. The Hall–Kier alpha value is -1.84. The van der Waals surface area contributed by atoms with Crippen molar-refractivity contribution in [1.29, 1.82) is 0 Å². The average Bonchev–Trinajstić information content (AvgIpc) is 2.97. The molecule has 8 nitrogen and oxygen atoms in total. The Bertz CT molecular complexity index is 1010. The zero-order valence-corrected chi connectivity index (χ0v) is 18.1. The van der Waals surface area contributed by atoms with E-state index in [1.807, 2.05) is 0 Å². The minimum atomic E-state index is -1.13. The fourth-order valence-electron chi connectivity index (χ4n) is 5.43. The number of aliphatic hydroxyl groups is 1. The van der Waals surface area contributed by atoms with Crippen molar-refractivity contribution in [3.63, 3.8) is 0 Å². The second-order valence-corrected chi connectivity index (χ2v) is 11.0. The first-order chi connectivity index (χ1) is 14.5. The zero-order valence-electron chi connectivity index (χ0n) is 16.5. The van der Waals surface area contributed by atoms with Gasteiger partial charge in [-0.25, -0.2) is 15.0 Å². The average molecular weight is 447 g/mol. The lowest BCUT2D eigenvalue weighted by atomic mass is 9.57. The topological polar surface area (TPSA) is 95.3 Å². The number of aliphatic hydroxyl groups excluding tert-OH is 1. The fourth-order valence-corrected chi connectivity index (χ4v) is 6.83. The van der Waals surface area contributed by atoms with E-state index in [2.05, 4.69) is 24.8 Å². The van der Waals surface area contributed by atoms with Crippen LogP contribution in [0.2, 0.25) is 5.02 Å². The van der Waals surface area contributed by atoms with E-state index in [4.69, 9.17) is 16.6 Å². The van der Waals surface area contributed by atoms with Crippen LogP contribution in [-0.2, 0) is 10.8 Å². The number of nitrogens with zero attached hydrogens (tertiary/aromatic N) is 6. The first-order valence-electron chi connectivity index (χ1n) is 10.4. The Morgan fingerprint density at radius 2 is 1.90 bits per heavy atom. The molecular weight excluding hydrogens is 424 g/mol. The highest BCUT2D eigenvalue weighted by Crippen LogP contribution is 2.56. The number of halogens is 1. The van der Waals surface area contributed by atoms with Crippen molar-refractivity contribution in [1.82, 2.24) is 19.9 Å². The van der Waals surface area contributed by atoms with Gasteiger partial charge in [-0.3, -0.25) is 4.21 Å². The van der Waals surface area contributed by atoms with Crippen LogP contribution in [-0.4, -0.2) is 60.4 Å². The summed E-state index contributed by atoms with van der Waals surface area (Å²) in [6, 6.07) is 0. The predicted octanol–water partition coefficient (Wildman–Crippen LogP) is 2.10. The van der Waals surface area contributed by atoms with Crippen molar-refractivity contribution in [3.8, 4) is 0 Å². The Morgan fingerprint density at radius 1 is 1.17 bits per heavy atom. The van der Waals surface area contributed by atoms with Gasteiger partial charge in [0.1, 0.15) is 16.6 Å². The van der Waals surface area contributed by atoms with Crippen molar-refractivity contribution in [3.05, 3.63) is 29.4 Å². The van der Waals surface area contributed by atoms with E-state index in [0.29, 0.717) is 33.1 Å². The molecule has 0 amide bonds. The number of aromatic nitrogens is 4. The van der Waals surface area contributed by atoms with Crippen molar-refractivity contribution in [2.45, 2.75) is 48.5 Å². The summed E-state index contributed by atoms with van der Waals surface area (Å²) in [6.07, 6.45) is 10.1. The molecule has 4 aliphatic rings. The third-order valence-corrected chi connectivity index (χ3v) is 8.79. The summed E-state index contributed by atoms with van der Waals surface area (Å²) in [5, 5.41) is 10.5. The molecule has 2 aromatic rings. The number of fused-ring (bicyclic) bond motifs is 1. The summed E-state index contributed by atoms with van der Waals surface area (Å²) in [7, 11) is -1.13. The number of rotatable bonds is 4. The Morgan fingerprint density at radius 3 is 2.53 bits per heavy atom. The molecule has 158 valence electrons. The predicted molar refractivity (Wildman–Crippen MR) is 113 cm³/mol. The Balaban J connectivity index is 1.16. The fraction of sp³-hybridized carbons (Fsp3) is 0.600. The molecule has 0 aromatic carbocycles. The second-order valence-electron chi connectivity index (χ2n) is 9.22. The third-order valence-electron chi connectivity index (χ3n) is 7.32. The maximum Gasteiger partial charge on any atom is 0.227 e. The number of anilines is 2. The lowest BCUT2D eigenvalue weighted by Gasteiger charge is -2.58. The van der Waals surface area contributed by atoms with Gasteiger partial charge in [-0.15, -0.1) is 0 Å². The number of hydrogen-bond donors (Lipinski definition) is 1. The Kier molecular flexibility index (Phi) is 4.14. The first-order valence-corrected chi connectivity index (χ1v) is 12.1. The van der Waals surface area contributed by atoms with E-state index in [1.165, 1.54) is 0 Å². The van der Waals surface area contributed by atoms with Crippen LogP contribution in [0.1, 0.15) is 43.8 Å². The molecule has 1 atom stereocenters. The molecule has 3 fully saturated rings. The van der Waals surface area contributed by atoms with Crippen LogP contribution in [0.5, 0.6) is 0 Å². The molecule has 2 aliphatic heterocycles. The largest absolute Gasteiger partial charge is 0.394 e. The van der Waals surface area contributed by atoms with E-state index >= 15 is 0 Å². The van der Waals surface area contributed by atoms with Crippen LogP contribution in [0, 0.1) is 5.41 Å². The molecule has 4 heterocycles. The standard InChI is InChI=1S/C20H23ClN6O2S/c21-14-6-22-16(23-7-14)13-4-19(5-13)9-26(10-19)18-24-8-15-17(25-18)27(12-30(15)29)20(11-28)2-1-3-20/h6-8,13,28H,1-5,9-12H2. The molecular formula is C20H23ClN6O2S. The molecule has 1 saturated heterocycles. The molecule has 2 aliphatic carbocycles. The van der Waals surface area contributed by atoms with E-state index < -0.39 is 10.8 Å². The van der Waals surface area contributed by atoms with E-state index in [0.717, 1.165) is 56.8 Å². The summed E-state index contributed by atoms with van der Waals surface area (Å²) in [5.74, 6) is 3.12. The molecule has 30 heavy (non-hydrogen) atoms. The van der Waals surface area contributed by atoms with Gasteiger partial charge in [-0.05, 0) is 32.1 Å². The number of hydrogen-bond acceptors (Lipinski definition) is 8. The zero-order chi connectivity index (χ0) is 20.5. The van der Waals surface area contributed by atoms with Crippen LogP contribution in [0.4, 0.5) is 11.8 Å². The van der Waals surface area contributed by atoms with Crippen LogP contribution in [0.25, 0.3) is 0 Å². The van der Waals surface area contributed by atoms with Crippen molar-refractivity contribution in [2.75, 3.05) is 35.4 Å². The lowest BCUT2D eigenvalue weighted by Crippen LogP contribution is -2.62. The van der Waals surface area contributed by atoms with Gasteiger partial charge in [0.25, 0.3) is 0 Å². The highest BCUT2D eigenvalue weighted by Gasteiger charge is 2.54. The molecule has 2 aromatic heterocycles. The normalized spacial score (nSPS) is 26.1. The summed E-state index contributed by atoms with van der Waals surface area (Å²) < 4.78 is 12.6. The first kappa shape index (κ1) is 18.9. The van der Waals surface area contributed by atoms with Crippen LogP contribution in [0.15, 0.2) is 23.5 Å². The summed E-state index contributed by atoms with van der Waals surface area (Å²) >= 11 is 5.89. The van der Waals surface area contributed by atoms with Gasteiger partial charge in [-0.2, -0.15) is 4.98 Å². The van der Waals surface area contributed by atoms with Crippen molar-refractivity contribution in [2.24, 2.45) is 5.41 Å². The van der Waals surface area contributed by atoms with Gasteiger partial charge in [0.15, 0.2) is 5.82 Å². The molecule has 2 saturated carbocycles. The van der Waals surface area contributed by atoms with Crippen molar-refractivity contribution >= 4 is 34.2 Å². The van der Waals surface area contributed by atoms with E-state index in [-0.39, 0.29) is 12.1 Å². The highest BCUT2D eigenvalue weighted by molar-refractivity contribution is 7.85. The highest BCUT2D eigenvalue weighted by atomic mass is 35.5. The molecule has 6 rings (SSSR count). The van der Waals surface area contributed by atoms with Crippen molar-refractivity contribution < 1.29 is 9.32 Å². The van der Waals surface area contributed by atoms with Gasteiger partial charge < -0.3 is 14.9 Å². The summed E-state index contributed by atoms with van der Waals surface area (Å²) in [5.41, 5.74) is -0.0126. The molecule has 1 N–H and O–H groups in total. The molecule has 0 bridgehead atoms. The van der Waals surface area contributed by atoms with E-state index in [9.17, 15) is 9.32 Å². The molecule has 10 heteroatoms. The SMILES string of the molecule is O=S1CN(C2(CO)CCC2)c2nc(N3CC4(CC(c5ncc(Cl)cn5)C4)C3)ncc21. The molecule has 1 spiro atoms. The van der Waals surface area contributed by atoms with Gasteiger partial charge in [0.2, 0.25) is 5.95 Å². The van der Waals surface area contributed by atoms with E-state index in [1.54, 1.807) is 18.6 Å². The maximum absolute atomic E-state index is 12.6. The minimum Gasteiger partial charge on any atom is -0.394 e. The van der Waals surface area contributed by atoms with Crippen LogP contribution in [0.3, 0.4) is 0 Å². The molecule has 1 unspecified atom stereocenters. The van der Waals surface area contributed by atoms with Gasteiger partial charge in [0, 0.05) is 36.8 Å². The quantitative estimate of drug-likeness (QED) is 0.762. The summed E-state index contributed by atoms with van der Waals surface area (Å²) in [4.78, 5) is 23.0. The lowest BCUT2D eigenvalue weighted by molar-refractivity contribution is 0.0582. The van der Waals surface area contributed by atoms with Gasteiger partial charge >= 0.3 is 0 Å².